The summed E-state index contributed by atoms with van der Waals surface area (Å²) in [6, 6.07) is 3.27. The first-order valence-electron chi connectivity index (χ1n) is 10.6. The lowest BCUT2D eigenvalue weighted by Crippen LogP contribution is -2.64. The zero-order valence-corrected chi connectivity index (χ0v) is 17.9. The van der Waals surface area contributed by atoms with Crippen LogP contribution < -0.4 is 15.2 Å². The summed E-state index contributed by atoms with van der Waals surface area (Å²) in [7, 11) is 0. The van der Waals surface area contributed by atoms with Gasteiger partial charge in [0, 0.05) is 37.6 Å². The summed E-state index contributed by atoms with van der Waals surface area (Å²) in [4.78, 5) is 25.4. The molecule has 3 rings (SSSR count). The number of carbonyl (C=O) groups excluding carboxylic acids is 1. The number of hydrogen-bond acceptors (Lipinski definition) is 11. The number of nitrogens with one attached hydrogen (secondary N) is 1. The molecule has 0 radical (unpaired) electrons. The van der Waals surface area contributed by atoms with Gasteiger partial charge in [-0.05, 0) is 19.0 Å². The van der Waals surface area contributed by atoms with E-state index >= 15 is 0 Å². The predicted octanol–water partition coefficient (Wildman–Crippen LogP) is -2.41. The molecule has 2 aliphatic heterocycles. The van der Waals surface area contributed by atoms with Gasteiger partial charge < -0.3 is 40.0 Å². The van der Waals surface area contributed by atoms with Crippen molar-refractivity contribution in [1.29, 1.82) is 0 Å². The van der Waals surface area contributed by atoms with Crippen molar-refractivity contribution in [3.63, 3.8) is 0 Å². The minimum Gasteiger partial charge on any atom is -0.828 e. The fourth-order valence-corrected chi connectivity index (χ4v) is 3.66. The summed E-state index contributed by atoms with van der Waals surface area (Å²) in [5, 5.41) is 55.5. The van der Waals surface area contributed by atoms with E-state index in [1.165, 1.54) is 6.07 Å². The Hall–Kier alpha value is -2.39. The van der Waals surface area contributed by atoms with E-state index in [0.717, 1.165) is 31.8 Å². The number of hydrogen-bond donors (Lipinski definition) is 4. The number of nitro benzene ring substituents is 1. The maximum Gasteiger partial charge on any atom is 0.273 e. The molecule has 4 N–H and O–H groups in total. The number of non-ortho nitro benzene ring substituents is 1. The second-order valence-corrected chi connectivity index (χ2v) is 7.83. The van der Waals surface area contributed by atoms with Gasteiger partial charge in [-0.1, -0.05) is 0 Å². The fourth-order valence-electron chi connectivity index (χ4n) is 3.66. The highest BCUT2D eigenvalue weighted by Gasteiger charge is 2.41. The van der Waals surface area contributed by atoms with Gasteiger partial charge in [-0.3, -0.25) is 19.8 Å². The molecule has 0 aromatic heterocycles. The Balaban J connectivity index is 1.65. The lowest BCUT2D eigenvalue weighted by atomic mass is 9.99. The first-order valence-corrected chi connectivity index (χ1v) is 10.6. The van der Waals surface area contributed by atoms with E-state index in [1.54, 1.807) is 0 Å². The van der Waals surface area contributed by atoms with E-state index in [9.17, 15) is 30.2 Å². The topological polar surface area (TPSA) is 187 Å². The van der Waals surface area contributed by atoms with Gasteiger partial charge in [0.15, 0.2) is 0 Å². The second-order valence-electron chi connectivity index (χ2n) is 7.83. The number of rotatable bonds is 9. The van der Waals surface area contributed by atoms with Crippen molar-refractivity contribution in [2.24, 2.45) is 0 Å². The fraction of sp³-hybridized carbons (Fsp3) is 0.650. The van der Waals surface area contributed by atoms with Crippen LogP contribution in [0, 0.1) is 10.1 Å². The minimum atomic E-state index is -1.97. The van der Waals surface area contributed by atoms with Gasteiger partial charge in [0.1, 0.15) is 30.2 Å². The lowest BCUT2D eigenvalue weighted by molar-refractivity contribution is -0.530. The van der Waals surface area contributed by atoms with Crippen molar-refractivity contribution < 1.29 is 44.4 Å². The third-order valence-electron chi connectivity index (χ3n) is 5.50. The van der Waals surface area contributed by atoms with Gasteiger partial charge in [0.2, 0.25) is 0 Å². The van der Waals surface area contributed by atoms with Gasteiger partial charge in [-0.2, -0.15) is 0 Å². The molecule has 0 aliphatic carbocycles. The monoisotopic (exact) mass is 470 g/mol. The summed E-state index contributed by atoms with van der Waals surface area (Å²) in [5.74, 6) is -0.782. The van der Waals surface area contributed by atoms with Crippen LogP contribution in [0.1, 0.15) is 16.8 Å². The largest absolute Gasteiger partial charge is 0.828 e. The van der Waals surface area contributed by atoms with E-state index in [2.05, 4.69) is 10.2 Å². The van der Waals surface area contributed by atoms with E-state index < -0.39 is 53.8 Å². The van der Waals surface area contributed by atoms with Gasteiger partial charge >= 0.3 is 0 Å². The highest BCUT2D eigenvalue weighted by atomic mass is 16.7. The minimum absolute atomic E-state index is 0.0620. The third-order valence-corrected chi connectivity index (χ3v) is 5.50. The smallest absolute Gasteiger partial charge is 0.273 e. The molecule has 0 saturated carbocycles. The number of nitrogens with zero attached hydrogens (tertiary/aromatic N) is 2. The molecule has 33 heavy (non-hydrogen) atoms. The average Bonchev–Trinajstić information content (AvgIpc) is 2.82. The van der Waals surface area contributed by atoms with Crippen LogP contribution in [0.2, 0.25) is 0 Å². The molecule has 2 fully saturated rings. The molecule has 1 aromatic rings. The number of nitro groups is 1. The quantitative estimate of drug-likeness (QED) is 0.171. The average molecular weight is 470 g/mol. The number of amides is 1. The van der Waals surface area contributed by atoms with Gasteiger partial charge in [-0.25, -0.2) is 0 Å². The standard InChI is InChI=1S/C20H28N3O10/c24-11-15-16(25)17(26)18(20(28)33-15)32-14-9-12(8-13(10-14)23(29)30)19(27)21-2-1-3-22-4-6-31-7-5-22/h8-10,15-18,20,24-26H,1-7,11H2,(H,21,27)/q-1/t15-,16+,17+,18-,20?/m1/s1. The lowest BCUT2D eigenvalue weighted by Gasteiger charge is -2.45. The second kappa shape index (κ2) is 11.7. The van der Waals surface area contributed by atoms with Crippen LogP contribution in [-0.2, 0) is 9.47 Å². The number of morpholine rings is 1. The third kappa shape index (κ3) is 6.57. The Bertz CT molecular complexity index is 819. The first-order chi connectivity index (χ1) is 15.8. The molecule has 2 saturated heterocycles. The summed E-state index contributed by atoms with van der Waals surface area (Å²) in [5.41, 5.74) is -0.513. The molecule has 0 bridgehead atoms. The molecule has 1 unspecified atom stereocenters. The van der Waals surface area contributed by atoms with E-state index in [1.807, 2.05) is 0 Å². The molecule has 2 heterocycles. The van der Waals surface area contributed by atoms with Crippen LogP contribution in [-0.4, -0.2) is 108 Å². The Morgan fingerprint density at radius 2 is 1.97 bits per heavy atom. The van der Waals surface area contributed by atoms with Gasteiger partial charge in [0.05, 0.1) is 30.8 Å². The maximum atomic E-state index is 12.6. The Morgan fingerprint density at radius 3 is 2.64 bits per heavy atom. The molecule has 2 aliphatic rings. The highest BCUT2D eigenvalue weighted by molar-refractivity contribution is 5.95. The van der Waals surface area contributed by atoms with Crippen molar-refractivity contribution in [2.45, 2.75) is 37.1 Å². The van der Waals surface area contributed by atoms with Crippen LogP contribution in [0.25, 0.3) is 0 Å². The summed E-state index contributed by atoms with van der Waals surface area (Å²) in [6.45, 7) is 3.43. The molecule has 1 aromatic carbocycles. The van der Waals surface area contributed by atoms with Crippen molar-refractivity contribution in [3.8, 4) is 5.75 Å². The molecule has 184 valence electrons. The molecule has 1 amide bonds. The molecular weight excluding hydrogens is 442 g/mol. The molecular formula is C20H28N3O10-. The van der Waals surface area contributed by atoms with Crippen molar-refractivity contribution >= 4 is 11.6 Å². The molecule has 5 atom stereocenters. The van der Waals surface area contributed by atoms with Crippen molar-refractivity contribution in [3.05, 3.63) is 33.9 Å². The van der Waals surface area contributed by atoms with Crippen molar-refractivity contribution in [1.82, 2.24) is 10.2 Å². The number of benzene rings is 1. The molecule has 13 nitrogen and oxygen atoms in total. The van der Waals surface area contributed by atoms with Crippen LogP contribution in [0.4, 0.5) is 5.69 Å². The highest BCUT2D eigenvalue weighted by Crippen LogP contribution is 2.27. The Labute approximate surface area is 189 Å². The summed E-state index contributed by atoms with van der Waals surface area (Å²) >= 11 is 0. The SMILES string of the molecule is O=C(NCCCN1CCOCC1)c1cc(O[C@H]2C([O-])O[C@H](CO)[C@H](O)[C@@H]2O)cc([N+](=O)[O-])c1. The number of aliphatic hydroxyl groups excluding tert-OH is 3. The zero-order valence-electron chi connectivity index (χ0n) is 17.9. The van der Waals surface area contributed by atoms with Gasteiger partial charge in [-0.15, -0.1) is 0 Å². The number of aliphatic hydroxyl groups is 3. The van der Waals surface area contributed by atoms with E-state index in [0.29, 0.717) is 26.2 Å². The summed E-state index contributed by atoms with van der Waals surface area (Å²) in [6.07, 6.45) is -7.51. The molecule has 13 heteroatoms. The first kappa shape index (κ1) is 25.2. The van der Waals surface area contributed by atoms with Gasteiger partial charge in [0.25, 0.3) is 11.6 Å². The Morgan fingerprint density at radius 1 is 1.24 bits per heavy atom. The van der Waals surface area contributed by atoms with Crippen LogP contribution in [0.15, 0.2) is 18.2 Å². The molecule has 0 spiro atoms. The Kier molecular flexibility index (Phi) is 8.91. The van der Waals surface area contributed by atoms with Crippen LogP contribution in [0.3, 0.4) is 0 Å². The maximum absolute atomic E-state index is 12.6. The van der Waals surface area contributed by atoms with E-state index in [-0.39, 0.29) is 11.3 Å². The number of ether oxygens (including phenoxy) is 3. The number of carbonyl (C=O) groups is 1. The zero-order chi connectivity index (χ0) is 24.0. The van der Waals surface area contributed by atoms with Crippen molar-refractivity contribution in [2.75, 3.05) is 46.0 Å². The predicted molar refractivity (Wildman–Crippen MR) is 109 cm³/mol. The van der Waals surface area contributed by atoms with E-state index in [4.69, 9.17) is 19.3 Å². The normalized spacial score (nSPS) is 28.3. The van der Waals surface area contributed by atoms with Crippen LogP contribution in [0.5, 0.6) is 5.75 Å². The van der Waals surface area contributed by atoms with Crippen LogP contribution >= 0.6 is 0 Å². The summed E-state index contributed by atoms with van der Waals surface area (Å²) < 4.78 is 15.6.